The second-order valence-electron chi connectivity index (χ2n) is 5.46. The Kier molecular flexibility index (Phi) is 5.59. The van der Waals surface area contributed by atoms with Crippen molar-refractivity contribution in [3.63, 3.8) is 0 Å². The second kappa shape index (κ2) is 7.43. The van der Waals surface area contributed by atoms with Gasteiger partial charge in [-0.1, -0.05) is 18.2 Å². The number of anilines is 1. The minimum absolute atomic E-state index is 0.0253. The van der Waals surface area contributed by atoms with Crippen LogP contribution >= 0.6 is 0 Å². The van der Waals surface area contributed by atoms with Crippen molar-refractivity contribution in [3.8, 4) is 0 Å². The van der Waals surface area contributed by atoms with E-state index in [0.717, 1.165) is 30.6 Å². The normalized spacial score (nSPS) is 19.6. The minimum Gasteiger partial charge on any atom is -0.383 e. The average Bonchev–Trinajstić information content (AvgIpc) is 2.66. The zero-order valence-corrected chi connectivity index (χ0v) is 12.8. The fourth-order valence-corrected chi connectivity index (χ4v) is 2.79. The number of nitrogens with two attached hydrogens (primary N) is 1. The van der Waals surface area contributed by atoms with Gasteiger partial charge in [-0.15, -0.1) is 0 Å². The molecule has 2 rings (SSSR count). The number of hydrogen-bond donors (Lipinski definition) is 2. The topological polar surface area (TPSA) is 67.6 Å². The second-order valence-corrected chi connectivity index (χ2v) is 5.46. The zero-order chi connectivity index (χ0) is 15.2. The van der Waals surface area contributed by atoms with Crippen molar-refractivity contribution in [2.45, 2.75) is 31.8 Å². The first-order chi connectivity index (χ1) is 10.1. The van der Waals surface area contributed by atoms with Crippen LogP contribution in [-0.2, 0) is 9.53 Å². The lowest BCUT2D eigenvalue weighted by atomic mass is 10.0. The van der Waals surface area contributed by atoms with E-state index in [1.807, 2.05) is 19.1 Å². The predicted molar refractivity (Wildman–Crippen MR) is 84.3 cm³/mol. The maximum Gasteiger partial charge on any atom is 0.242 e. The summed E-state index contributed by atoms with van der Waals surface area (Å²) in [6.07, 6.45) is 1.94. The first-order valence-electron chi connectivity index (χ1n) is 7.53. The van der Waals surface area contributed by atoms with E-state index in [9.17, 15) is 4.79 Å². The number of amides is 1. The molecule has 0 saturated heterocycles. The van der Waals surface area contributed by atoms with Crippen LogP contribution < -0.4 is 16.0 Å². The molecule has 1 amide bonds. The summed E-state index contributed by atoms with van der Waals surface area (Å²) in [7, 11) is 1.63. The highest BCUT2D eigenvalue weighted by Gasteiger charge is 2.26. The Balaban J connectivity index is 2.14. The van der Waals surface area contributed by atoms with Crippen LogP contribution in [0.1, 0.15) is 31.4 Å². The fraction of sp³-hybridized carbons (Fsp3) is 0.562. The van der Waals surface area contributed by atoms with Crippen molar-refractivity contribution in [2.24, 2.45) is 5.73 Å². The maximum atomic E-state index is 12.3. The van der Waals surface area contributed by atoms with Crippen molar-refractivity contribution in [3.05, 3.63) is 29.8 Å². The van der Waals surface area contributed by atoms with Gasteiger partial charge in [-0.25, -0.2) is 0 Å². The van der Waals surface area contributed by atoms with E-state index in [0.29, 0.717) is 13.2 Å². The van der Waals surface area contributed by atoms with E-state index >= 15 is 0 Å². The number of fused-ring (bicyclic) bond motifs is 1. The highest BCUT2D eigenvalue weighted by Crippen LogP contribution is 2.32. The summed E-state index contributed by atoms with van der Waals surface area (Å²) in [6.45, 7) is 3.86. The number of para-hydroxylation sites is 1. The molecule has 1 heterocycles. The number of benzene rings is 1. The van der Waals surface area contributed by atoms with Crippen LogP contribution in [0.3, 0.4) is 0 Å². The van der Waals surface area contributed by atoms with Gasteiger partial charge in [0.25, 0.3) is 0 Å². The van der Waals surface area contributed by atoms with Crippen molar-refractivity contribution in [1.29, 1.82) is 0 Å². The van der Waals surface area contributed by atoms with Crippen molar-refractivity contribution in [2.75, 3.05) is 31.7 Å². The Bertz CT molecular complexity index is 478. The van der Waals surface area contributed by atoms with Gasteiger partial charge in [0, 0.05) is 31.9 Å². The van der Waals surface area contributed by atoms with Gasteiger partial charge >= 0.3 is 0 Å². The Hall–Kier alpha value is -1.59. The number of carbonyl (C=O) groups excluding carboxylic acids is 1. The van der Waals surface area contributed by atoms with Gasteiger partial charge in [-0.2, -0.15) is 0 Å². The van der Waals surface area contributed by atoms with E-state index in [1.165, 1.54) is 0 Å². The quantitative estimate of drug-likeness (QED) is 0.806. The van der Waals surface area contributed by atoms with E-state index in [1.54, 1.807) is 7.11 Å². The van der Waals surface area contributed by atoms with E-state index in [-0.39, 0.29) is 18.0 Å². The molecule has 1 aromatic rings. The number of methoxy groups -OCH3 is 1. The minimum atomic E-state index is -0.215. The third kappa shape index (κ3) is 3.74. The van der Waals surface area contributed by atoms with Gasteiger partial charge < -0.3 is 20.7 Å². The van der Waals surface area contributed by atoms with Crippen molar-refractivity contribution >= 4 is 11.6 Å². The van der Waals surface area contributed by atoms with Gasteiger partial charge in [0.15, 0.2) is 0 Å². The molecule has 3 N–H and O–H groups in total. The standard InChI is InChI=1S/C16H25N3O2/c1-12(16(20)18-9-11-21-2)19-10-5-7-14(17)13-6-3-4-8-15(13)19/h3-4,6,8,12,14H,5,7,9-11,17H2,1-2H3,(H,18,20). The molecule has 5 nitrogen and oxygen atoms in total. The monoisotopic (exact) mass is 291 g/mol. The van der Waals surface area contributed by atoms with Crippen LogP contribution in [0.15, 0.2) is 24.3 Å². The Morgan fingerprint density at radius 1 is 1.52 bits per heavy atom. The largest absolute Gasteiger partial charge is 0.383 e. The molecule has 21 heavy (non-hydrogen) atoms. The van der Waals surface area contributed by atoms with Gasteiger partial charge in [-0.3, -0.25) is 4.79 Å². The highest BCUT2D eigenvalue weighted by atomic mass is 16.5. The summed E-state index contributed by atoms with van der Waals surface area (Å²) in [4.78, 5) is 14.4. The molecule has 5 heteroatoms. The van der Waals surface area contributed by atoms with Gasteiger partial charge in [0.2, 0.25) is 5.91 Å². The van der Waals surface area contributed by atoms with Crippen molar-refractivity contribution < 1.29 is 9.53 Å². The van der Waals surface area contributed by atoms with Crippen LogP contribution in [0.4, 0.5) is 5.69 Å². The van der Waals surface area contributed by atoms with E-state index < -0.39 is 0 Å². The first-order valence-corrected chi connectivity index (χ1v) is 7.53. The van der Waals surface area contributed by atoms with Gasteiger partial charge in [0.1, 0.15) is 6.04 Å². The summed E-state index contributed by atoms with van der Waals surface area (Å²) in [5, 5.41) is 2.91. The highest BCUT2D eigenvalue weighted by molar-refractivity contribution is 5.85. The number of hydrogen-bond acceptors (Lipinski definition) is 4. The summed E-state index contributed by atoms with van der Waals surface area (Å²) in [5.41, 5.74) is 8.45. The van der Waals surface area contributed by atoms with E-state index in [4.69, 9.17) is 10.5 Å². The lowest BCUT2D eigenvalue weighted by Crippen LogP contribution is -2.46. The molecular weight excluding hydrogens is 266 g/mol. The molecule has 116 valence electrons. The maximum absolute atomic E-state index is 12.3. The van der Waals surface area contributed by atoms with Crippen LogP contribution in [0, 0.1) is 0 Å². The molecule has 0 aliphatic carbocycles. The number of carbonyl (C=O) groups is 1. The zero-order valence-electron chi connectivity index (χ0n) is 12.8. The van der Waals surface area contributed by atoms with Crippen LogP contribution in [0.2, 0.25) is 0 Å². The molecule has 0 saturated carbocycles. The summed E-state index contributed by atoms with van der Waals surface area (Å²) in [5.74, 6) is 0.0253. The Morgan fingerprint density at radius 2 is 2.29 bits per heavy atom. The smallest absolute Gasteiger partial charge is 0.242 e. The van der Waals surface area contributed by atoms with Crippen molar-refractivity contribution in [1.82, 2.24) is 5.32 Å². The molecule has 1 aliphatic heterocycles. The predicted octanol–water partition coefficient (Wildman–Crippen LogP) is 1.44. The number of ether oxygens (including phenoxy) is 1. The fourth-order valence-electron chi connectivity index (χ4n) is 2.79. The molecule has 0 aromatic heterocycles. The third-order valence-corrected chi connectivity index (χ3v) is 4.01. The summed E-state index contributed by atoms with van der Waals surface area (Å²) in [6, 6.07) is 7.96. The van der Waals surface area contributed by atoms with E-state index in [2.05, 4.69) is 22.3 Å². The Labute approximate surface area is 126 Å². The molecular formula is C16H25N3O2. The number of nitrogens with zero attached hydrogens (tertiary/aromatic N) is 1. The number of nitrogens with one attached hydrogen (secondary N) is 1. The molecule has 2 atom stereocenters. The molecule has 0 radical (unpaired) electrons. The molecule has 1 aromatic carbocycles. The summed E-state index contributed by atoms with van der Waals surface area (Å²) >= 11 is 0. The lowest BCUT2D eigenvalue weighted by Gasteiger charge is -2.30. The SMILES string of the molecule is COCCNC(=O)C(C)N1CCCC(N)c2ccccc21. The molecule has 0 bridgehead atoms. The molecule has 2 unspecified atom stereocenters. The van der Waals surface area contributed by atoms with Gasteiger partial charge in [0.05, 0.1) is 6.61 Å². The third-order valence-electron chi connectivity index (χ3n) is 4.01. The molecule has 0 fully saturated rings. The average molecular weight is 291 g/mol. The van der Waals surface area contributed by atoms with Gasteiger partial charge in [-0.05, 0) is 31.4 Å². The lowest BCUT2D eigenvalue weighted by molar-refractivity contribution is -0.122. The van der Waals surface area contributed by atoms with Crippen LogP contribution in [-0.4, -0.2) is 38.8 Å². The first kappa shape index (κ1) is 15.8. The number of rotatable bonds is 5. The van der Waals surface area contributed by atoms with Crippen LogP contribution in [0.25, 0.3) is 0 Å². The Morgan fingerprint density at radius 3 is 3.05 bits per heavy atom. The molecule has 0 spiro atoms. The summed E-state index contributed by atoms with van der Waals surface area (Å²) < 4.78 is 4.96. The molecule has 1 aliphatic rings. The van der Waals surface area contributed by atoms with Crippen LogP contribution in [0.5, 0.6) is 0 Å².